The Balaban J connectivity index is 1.89. The van der Waals surface area contributed by atoms with Gasteiger partial charge in [-0.05, 0) is 37.0 Å². The van der Waals surface area contributed by atoms with Gasteiger partial charge in [0, 0.05) is 16.8 Å². The largest absolute Gasteiger partial charge is 0.301 e. The summed E-state index contributed by atoms with van der Waals surface area (Å²) in [7, 11) is 0. The number of aromatic nitrogens is 3. The van der Waals surface area contributed by atoms with Gasteiger partial charge in [0.1, 0.15) is 4.83 Å². The van der Waals surface area contributed by atoms with Crippen LogP contribution in [0.3, 0.4) is 0 Å². The van der Waals surface area contributed by atoms with Crippen LogP contribution in [-0.4, -0.2) is 15.0 Å². The van der Waals surface area contributed by atoms with Crippen LogP contribution in [0.2, 0.25) is 0 Å². The van der Waals surface area contributed by atoms with E-state index in [-0.39, 0.29) is 5.56 Å². The van der Waals surface area contributed by atoms with Crippen LogP contribution in [0.15, 0.2) is 34.3 Å². The molecule has 24 heavy (non-hydrogen) atoms. The van der Waals surface area contributed by atoms with Crippen LogP contribution >= 0.6 is 23.1 Å². The van der Waals surface area contributed by atoms with Crippen molar-refractivity contribution in [3.05, 3.63) is 50.9 Å². The minimum absolute atomic E-state index is 0.0221. The number of pyridine rings is 1. The van der Waals surface area contributed by atoms with Crippen LogP contribution in [0.5, 0.6) is 0 Å². The second-order valence-corrected chi connectivity index (χ2v) is 8.18. The topological polar surface area (TPSA) is 58.6 Å². The Hall–Kier alpha value is -1.66. The van der Waals surface area contributed by atoms with Gasteiger partial charge in [0.15, 0.2) is 5.16 Å². The molecule has 4 nitrogen and oxygen atoms in total. The summed E-state index contributed by atoms with van der Waals surface area (Å²) < 4.78 is 0. The van der Waals surface area contributed by atoms with E-state index >= 15 is 0 Å². The maximum Gasteiger partial charge on any atom is 0.260 e. The van der Waals surface area contributed by atoms with Crippen molar-refractivity contribution >= 4 is 33.3 Å². The van der Waals surface area contributed by atoms with Gasteiger partial charge in [-0.2, -0.15) is 0 Å². The third kappa shape index (κ3) is 3.70. The molecule has 1 unspecified atom stereocenters. The fourth-order valence-corrected chi connectivity index (χ4v) is 4.48. The highest BCUT2D eigenvalue weighted by atomic mass is 32.2. The molecule has 0 saturated heterocycles. The fraction of sp³-hybridized carbons (Fsp3) is 0.389. The maximum absolute atomic E-state index is 12.6. The third-order valence-electron chi connectivity index (χ3n) is 4.17. The van der Waals surface area contributed by atoms with Crippen molar-refractivity contribution in [3.63, 3.8) is 0 Å². The van der Waals surface area contributed by atoms with Crippen LogP contribution in [0, 0.1) is 12.8 Å². The zero-order valence-corrected chi connectivity index (χ0v) is 15.8. The van der Waals surface area contributed by atoms with E-state index in [9.17, 15) is 4.79 Å². The van der Waals surface area contributed by atoms with E-state index in [1.54, 1.807) is 17.5 Å². The molecular weight excluding hydrogens is 338 g/mol. The molecule has 0 bridgehead atoms. The van der Waals surface area contributed by atoms with Gasteiger partial charge in [-0.15, -0.1) is 11.3 Å². The van der Waals surface area contributed by atoms with Gasteiger partial charge in [0.2, 0.25) is 0 Å². The average molecular weight is 360 g/mol. The number of H-pyrrole nitrogens is 1. The van der Waals surface area contributed by atoms with Crippen LogP contribution in [-0.2, 0) is 12.2 Å². The van der Waals surface area contributed by atoms with Gasteiger partial charge < -0.3 is 4.98 Å². The zero-order chi connectivity index (χ0) is 17.1. The Labute approximate surface area is 149 Å². The van der Waals surface area contributed by atoms with Crippen molar-refractivity contribution in [2.75, 3.05) is 0 Å². The Morgan fingerprint density at radius 3 is 2.92 bits per heavy atom. The summed E-state index contributed by atoms with van der Waals surface area (Å²) in [5.41, 5.74) is 2.12. The molecule has 0 aliphatic carbocycles. The Morgan fingerprint density at radius 2 is 2.21 bits per heavy atom. The number of hydrogen-bond acceptors (Lipinski definition) is 5. The number of aryl methyl sites for hydroxylation is 1. The third-order valence-corrected chi connectivity index (χ3v) is 6.12. The smallest absolute Gasteiger partial charge is 0.260 e. The SMILES string of the molecule is CCC(C)Cc1c(C)sc2nc(SCc3ccccn3)[nH]c(=O)c12. The van der Waals surface area contributed by atoms with E-state index in [0.717, 1.165) is 28.8 Å². The van der Waals surface area contributed by atoms with Gasteiger partial charge in [-0.3, -0.25) is 9.78 Å². The summed E-state index contributed by atoms with van der Waals surface area (Å²) >= 11 is 3.13. The summed E-state index contributed by atoms with van der Waals surface area (Å²) in [5, 5.41) is 1.44. The molecule has 0 aliphatic heterocycles. The first-order valence-electron chi connectivity index (χ1n) is 8.13. The molecule has 6 heteroatoms. The molecule has 3 aromatic heterocycles. The van der Waals surface area contributed by atoms with Crippen molar-refractivity contribution in [2.24, 2.45) is 5.92 Å². The maximum atomic E-state index is 12.6. The molecule has 0 saturated carbocycles. The predicted molar refractivity (Wildman–Crippen MR) is 102 cm³/mol. The van der Waals surface area contributed by atoms with Crippen molar-refractivity contribution in [1.82, 2.24) is 15.0 Å². The normalized spacial score (nSPS) is 12.6. The molecule has 3 aromatic rings. The van der Waals surface area contributed by atoms with E-state index in [2.05, 4.69) is 35.7 Å². The van der Waals surface area contributed by atoms with Gasteiger partial charge in [-0.25, -0.2) is 4.98 Å². The summed E-state index contributed by atoms with van der Waals surface area (Å²) in [6, 6.07) is 5.84. The zero-order valence-electron chi connectivity index (χ0n) is 14.1. The van der Waals surface area contributed by atoms with E-state index < -0.39 is 0 Å². The molecule has 0 amide bonds. The molecule has 126 valence electrons. The molecule has 0 aliphatic rings. The lowest BCUT2D eigenvalue weighted by molar-refractivity contribution is 0.561. The second kappa shape index (κ2) is 7.49. The number of nitrogens with zero attached hydrogens (tertiary/aromatic N) is 2. The van der Waals surface area contributed by atoms with Crippen LogP contribution in [0.25, 0.3) is 10.2 Å². The summed E-state index contributed by atoms with van der Waals surface area (Å²) in [6.45, 7) is 6.50. The van der Waals surface area contributed by atoms with Crippen LogP contribution in [0.4, 0.5) is 0 Å². The lowest BCUT2D eigenvalue weighted by Gasteiger charge is -2.08. The molecule has 0 aromatic carbocycles. The first-order valence-corrected chi connectivity index (χ1v) is 9.93. The minimum atomic E-state index is -0.0221. The summed E-state index contributed by atoms with van der Waals surface area (Å²) in [6.07, 6.45) is 3.83. The average Bonchev–Trinajstić information content (AvgIpc) is 2.89. The fourth-order valence-electron chi connectivity index (χ4n) is 2.59. The highest BCUT2D eigenvalue weighted by Crippen LogP contribution is 2.30. The molecule has 0 radical (unpaired) electrons. The lowest BCUT2D eigenvalue weighted by Crippen LogP contribution is -2.11. The Bertz CT molecular complexity index is 886. The minimum Gasteiger partial charge on any atom is -0.301 e. The highest BCUT2D eigenvalue weighted by Gasteiger charge is 2.16. The van der Waals surface area contributed by atoms with Gasteiger partial charge >= 0.3 is 0 Å². The van der Waals surface area contributed by atoms with Crippen molar-refractivity contribution in [3.8, 4) is 0 Å². The molecule has 3 heterocycles. The molecular formula is C18H21N3OS2. The lowest BCUT2D eigenvalue weighted by atomic mass is 9.98. The molecule has 0 spiro atoms. The second-order valence-electron chi connectivity index (χ2n) is 6.02. The Kier molecular flexibility index (Phi) is 5.36. The quantitative estimate of drug-likeness (QED) is 0.517. The number of thiophene rings is 1. The number of thioether (sulfide) groups is 1. The van der Waals surface area contributed by atoms with Gasteiger partial charge in [0.05, 0.1) is 11.1 Å². The molecule has 1 N–H and O–H groups in total. The first-order chi connectivity index (χ1) is 11.6. The van der Waals surface area contributed by atoms with Crippen LogP contribution < -0.4 is 5.56 Å². The first kappa shape index (κ1) is 17.2. The van der Waals surface area contributed by atoms with E-state index in [0.29, 0.717) is 16.8 Å². The number of nitrogens with one attached hydrogen (secondary N) is 1. The van der Waals surface area contributed by atoms with Crippen molar-refractivity contribution in [2.45, 2.75) is 44.5 Å². The van der Waals surface area contributed by atoms with Gasteiger partial charge in [-0.1, -0.05) is 38.1 Å². The van der Waals surface area contributed by atoms with Crippen molar-refractivity contribution in [1.29, 1.82) is 0 Å². The van der Waals surface area contributed by atoms with E-state index in [1.165, 1.54) is 22.2 Å². The predicted octanol–water partition coefficient (Wildman–Crippen LogP) is 4.57. The Morgan fingerprint density at radius 1 is 1.38 bits per heavy atom. The molecule has 3 rings (SSSR count). The number of hydrogen-bond donors (Lipinski definition) is 1. The van der Waals surface area contributed by atoms with E-state index in [4.69, 9.17) is 0 Å². The highest BCUT2D eigenvalue weighted by molar-refractivity contribution is 7.98. The molecule has 1 atom stereocenters. The van der Waals surface area contributed by atoms with Gasteiger partial charge in [0.25, 0.3) is 5.56 Å². The van der Waals surface area contributed by atoms with Crippen molar-refractivity contribution < 1.29 is 0 Å². The summed E-state index contributed by atoms with van der Waals surface area (Å²) in [4.78, 5) is 26.6. The standard InChI is InChI=1S/C18H21N3OS2/c1-4-11(2)9-14-12(3)24-17-15(14)16(22)20-18(21-17)23-10-13-7-5-6-8-19-13/h5-8,11H,4,9-10H2,1-3H3,(H,20,21,22). The number of aromatic amines is 1. The van der Waals surface area contributed by atoms with Crippen LogP contribution in [0.1, 0.15) is 36.4 Å². The number of rotatable bonds is 6. The number of fused-ring (bicyclic) bond motifs is 1. The monoisotopic (exact) mass is 359 g/mol. The van der Waals surface area contributed by atoms with E-state index in [1.807, 2.05) is 18.2 Å². The summed E-state index contributed by atoms with van der Waals surface area (Å²) in [5.74, 6) is 1.26. The molecule has 0 fully saturated rings.